The normalized spacial score (nSPS) is 10.7. The summed E-state index contributed by atoms with van der Waals surface area (Å²) >= 11 is 11.6. The average molecular weight is 230 g/mol. The summed E-state index contributed by atoms with van der Waals surface area (Å²) in [7, 11) is 0. The smallest absolute Gasteiger partial charge is 0.215 e. The van der Waals surface area contributed by atoms with Crippen molar-refractivity contribution in [1.29, 1.82) is 0 Å². The lowest BCUT2D eigenvalue weighted by molar-refractivity contribution is 0.440. The van der Waals surface area contributed by atoms with Crippen molar-refractivity contribution in [1.82, 2.24) is 4.98 Å². The van der Waals surface area contributed by atoms with E-state index in [4.69, 9.17) is 28.3 Å². The third kappa shape index (κ3) is 1.45. The molecule has 72 valence electrons. The predicted molar refractivity (Wildman–Crippen MR) is 55.1 cm³/mol. The molecule has 0 unspecified atom stereocenters. The van der Waals surface area contributed by atoms with E-state index >= 15 is 0 Å². The minimum atomic E-state index is -0.270. The fourth-order valence-corrected chi connectivity index (χ4v) is 1.83. The molecule has 0 aliphatic heterocycles. The first-order valence-electron chi connectivity index (χ1n) is 3.75. The van der Waals surface area contributed by atoms with E-state index < -0.39 is 0 Å². The summed E-state index contributed by atoms with van der Waals surface area (Å²) in [6, 6.07) is 4.15. The van der Waals surface area contributed by atoms with Crippen LogP contribution in [0.25, 0.3) is 10.9 Å². The second-order valence-electron chi connectivity index (χ2n) is 2.78. The molecule has 0 radical (unpaired) electrons. The van der Waals surface area contributed by atoms with Crippen molar-refractivity contribution in [2.45, 2.75) is 0 Å². The SMILES string of the molecule is Oc1cc(O)c2c(Cl)cc(Cl)cc2n1. The molecule has 3 nitrogen and oxygen atoms in total. The molecule has 1 aromatic heterocycles. The zero-order valence-electron chi connectivity index (χ0n) is 6.83. The molecule has 1 heterocycles. The number of rotatable bonds is 0. The van der Waals surface area contributed by atoms with Gasteiger partial charge < -0.3 is 10.2 Å². The second-order valence-corrected chi connectivity index (χ2v) is 3.62. The first-order valence-corrected chi connectivity index (χ1v) is 4.51. The van der Waals surface area contributed by atoms with Gasteiger partial charge in [-0.1, -0.05) is 23.2 Å². The lowest BCUT2D eigenvalue weighted by Crippen LogP contribution is -1.82. The number of fused-ring (bicyclic) bond motifs is 1. The van der Waals surface area contributed by atoms with Gasteiger partial charge in [0.25, 0.3) is 0 Å². The highest BCUT2D eigenvalue weighted by atomic mass is 35.5. The van der Waals surface area contributed by atoms with Gasteiger partial charge in [-0.3, -0.25) is 0 Å². The van der Waals surface area contributed by atoms with E-state index in [0.717, 1.165) is 6.07 Å². The zero-order valence-corrected chi connectivity index (χ0v) is 8.34. The van der Waals surface area contributed by atoms with Crippen molar-refractivity contribution < 1.29 is 10.2 Å². The third-order valence-corrected chi connectivity index (χ3v) is 2.31. The minimum absolute atomic E-state index is 0.117. The largest absolute Gasteiger partial charge is 0.507 e. The van der Waals surface area contributed by atoms with Gasteiger partial charge >= 0.3 is 0 Å². The maximum absolute atomic E-state index is 9.50. The van der Waals surface area contributed by atoms with Gasteiger partial charge in [-0.2, -0.15) is 0 Å². The van der Waals surface area contributed by atoms with E-state index in [-0.39, 0.29) is 11.6 Å². The molecule has 2 N–H and O–H groups in total. The number of hydrogen-bond acceptors (Lipinski definition) is 3. The number of hydrogen-bond donors (Lipinski definition) is 2. The fourth-order valence-electron chi connectivity index (χ4n) is 1.25. The van der Waals surface area contributed by atoms with Gasteiger partial charge in [-0.05, 0) is 12.1 Å². The highest BCUT2D eigenvalue weighted by Crippen LogP contribution is 2.34. The molecule has 0 aliphatic rings. The molecule has 2 rings (SSSR count). The third-order valence-electron chi connectivity index (χ3n) is 1.79. The van der Waals surface area contributed by atoms with Crippen LogP contribution in [0.2, 0.25) is 10.0 Å². The lowest BCUT2D eigenvalue weighted by atomic mass is 10.2. The molecule has 0 spiro atoms. The number of benzene rings is 1. The van der Waals surface area contributed by atoms with E-state index in [2.05, 4.69) is 4.98 Å². The Bertz CT molecular complexity index is 471. The van der Waals surface area contributed by atoms with Gasteiger partial charge in [0.05, 0.1) is 15.9 Å². The quantitative estimate of drug-likeness (QED) is 0.731. The Labute approximate surface area is 89.5 Å². The van der Waals surface area contributed by atoms with Crippen LogP contribution in [0.5, 0.6) is 11.6 Å². The molecule has 5 heteroatoms. The van der Waals surface area contributed by atoms with Gasteiger partial charge in [0.15, 0.2) is 0 Å². The number of aromatic hydroxyl groups is 2. The van der Waals surface area contributed by atoms with Crippen molar-refractivity contribution >= 4 is 34.1 Å². The Morgan fingerprint density at radius 3 is 2.50 bits per heavy atom. The fraction of sp³-hybridized carbons (Fsp3) is 0. The zero-order chi connectivity index (χ0) is 10.3. The summed E-state index contributed by atoms with van der Waals surface area (Å²) in [6.07, 6.45) is 0. The summed E-state index contributed by atoms with van der Waals surface area (Å²) in [5, 5.41) is 19.7. The number of halogens is 2. The molecule has 14 heavy (non-hydrogen) atoms. The van der Waals surface area contributed by atoms with E-state index in [1.165, 1.54) is 12.1 Å². The van der Waals surface area contributed by atoms with Crippen LogP contribution in [0.4, 0.5) is 0 Å². The van der Waals surface area contributed by atoms with Gasteiger partial charge in [-0.25, -0.2) is 4.98 Å². The Kier molecular flexibility index (Phi) is 2.13. The van der Waals surface area contributed by atoms with Crippen molar-refractivity contribution in [3.8, 4) is 11.6 Å². The molecule has 0 atom stereocenters. The number of pyridine rings is 1. The number of nitrogens with zero attached hydrogens (tertiary/aromatic N) is 1. The van der Waals surface area contributed by atoms with Crippen LogP contribution in [0, 0.1) is 0 Å². The van der Waals surface area contributed by atoms with Crippen molar-refractivity contribution in [3.05, 3.63) is 28.2 Å². The first kappa shape index (κ1) is 9.37. The summed E-state index contributed by atoms with van der Waals surface area (Å²) in [4.78, 5) is 3.78. The Balaban J connectivity index is 2.94. The summed E-state index contributed by atoms with van der Waals surface area (Å²) < 4.78 is 0. The van der Waals surface area contributed by atoms with Crippen molar-refractivity contribution in [3.63, 3.8) is 0 Å². The van der Waals surface area contributed by atoms with E-state index in [1.807, 2.05) is 0 Å². The van der Waals surface area contributed by atoms with Crippen LogP contribution in [0.3, 0.4) is 0 Å². The standard InChI is InChI=1S/C9H5Cl2NO2/c10-4-1-5(11)9-6(2-4)12-8(14)3-7(9)13/h1-3H,(H2,12,13,14). The minimum Gasteiger partial charge on any atom is -0.507 e. The lowest BCUT2D eigenvalue weighted by Gasteiger charge is -2.03. The molecule has 1 aromatic carbocycles. The maximum atomic E-state index is 9.50. The summed E-state index contributed by atoms with van der Waals surface area (Å²) in [5.74, 6) is -0.387. The van der Waals surface area contributed by atoms with Crippen LogP contribution in [0.15, 0.2) is 18.2 Å². The highest BCUT2D eigenvalue weighted by molar-refractivity contribution is 6.38. The van der Waals surface area contributed by atoms with Crippen LogP contribution >= 0.6 is 23.2 Å². The molecule has 0 bridgehead atoms. The highest BCUT2D eigenvalue weighted by Gasteiger charge is 2.09. The summed E-state index contributed by atoms with van der Waals surface area (Å²) in [5.41, 5.74) is 0.361. The average Bonchev–Trinajstić information content (AvgIpc) is 1.99. The molecular formula is C9H5Cl2NO2. The van der Waals surface area contributed by atoms with Gasteiger partial charge in [0.1, 0.15) is 5.75 Å². The van der Waals surface area contributed by atoms with Crippen LogP contribution in [0.1, 0.15) is 0 Å². The molecule has 0 saturated heterocycles. The molecule has 0 fully saturated rings. The summed E-state index contributed by atoms with van der Waals surface area (Å²) in [6.45, 7) is 0. The van der Waals surface area contributed by atoms with E-state index in [0.29, 0.717) is 20.9 Å². The second kappa shape index (κ2) is 3.19. The number of aromatic nitrogens is 1. The van der Waals surface area contributed by atoms with Crippen LogP contribution in [-0.4, -0.2) is 15.2 Å². The Hall–Kier alpha value is -1.19. The van der Waals surface area contributed by atoms with Crippen LogP contribution in [-0.2, 0) is 0 Å². The van der Waals surface area contributed by atoms with Crippen LogP contribution < -0.4 is 0 Å². The first-order chi connectivity index (χ1) is 6.58. The van der Waals surface area contributed by atoms with Gasteiger partial charge in [-0.15, -0.1) is 0 Å². The van der Waals surface area contributed by atoms with Gasteiger partial charge in [0.2, 0.25) is 5.88 Å². The topological polar surface area (TPSA) is 53.4 Å². The Morgan fingerprint density at radius 1 is 1.07 bits per heavy atom. The van der Waals surface area contributed by atoms with Crippen molar-refractivity contribution in [2.75, 3.05) is 0 Å². The molecule has 0 aliphatic carbocycles. The molecule has 2 aromatic rings. The molecular weight excluding hydrogens is 225 g/mol. The Morgan fingerprint density at radius 2 is 1.79 bits per heavy atom. The van der Waals surface area contributed by atoms with Crippen molar-refractivity contribution in [2.24, 2.45) is 0 Å². The van der Waals surface area contributed by atoms with Gasteiger partial charge in [0, 0.05) is 11.1 Å². The molecule has 0 amide bonds. The predicted octanol–water partition coefficient (Wildman–Crippen LogP) is 2.95. The maximum Gasteiger partial charge on any atom is 0.215 e. The van der Waals surface area contributed by atoms with E-state index in [1.54, 1.807) is 0 Å². The molecule has 0 saturated carbocycles. The monoisotopic (exact) mass is 229 g/mol. The van der Waals surface area contributed by atoms with E-state index in [9.17, 15) is 5.11 Å².